The predicted octanol–water partition coefficient (Wildman–Crippen LogP) is 3.17. The molecule has 0 saturated carbocycles. The van der Waals surface area contributed by atoms with E-state index in [4.69, 9.17) is 13.9 Å². The van der Waals surface area contributed by atoms with Crippen LogP contribution in [-0.2, 0) is 4.79 Å². The quantitative estimate of drug-likeness (QED) is 0.633. The minimum Gasteiger partial charge on any atom is -0.546 e. The number of rotatable bonds is 5. The summed E-state index contributed by atoms with van der Waals surface area (Å²) in [7, 11) is 0. The first kappa shape index (κ1) is 18.0. The van der Waals surface area contributed by atoms with Gasteiger partial charge in [0, 0.05) is 10.5 Å². The van der Waals surface area contributed by atoms with E-state index in [1.807, 2.05) is 0 Å². The van der Waals surface area contributed by atoms with Gasteiger partial charge in [0.25, 0.3) is 0 Å². The second kappa shape index (κ2) is 7.21. The number of hydrogen-bond acceptors (Lipinski definition) is 6. The van der Waals surface area contributed by atoms with E-state index >= 15 is 0 Å². The lowest BCUT2D eigenvalue weighted by atomic mass is 10.2. The summed E-state index contributed by atoms with van der Waals surface area (Å²) in [6.45, 7) is 2.97. The zero-order chi connectivity index (χ0) is 18.8. The van der Waals surface area contributed by atoms with Crippen LogP contribution < -0.4 is 20.0 Å². The van der Waals surface area contributed by atoms with Crippen LogP contribution in [0.25, 0.3) is 11.0 Å². The molecule has 1 atom stereocenters. The van der Waals surface area contributed by atoms with Crippen molar-refractivity contribution < 1.29 is 23.8 Å². The molecule has 0 aliphatic rings. The summed E-state index contributed by atoms with van der Waals surface area (Å²) < 4.78 is 17.5. The van der Waals surface area contributed by atoms with E-state index in [2.05, 4.69) is 15.9 Å². The normalized spacial score (nSPS) is 12.0. The molecule has 0 amide bonds. The molecule has 0 fully saturated rings. The van der Waals surface area contributed by atoms with Gasteiger partial charge in [-0.05, 0) is 50.2 Å². The average molecular weight is 418 g/mol. The van der Waals surface area contributed by atoms with Gasteiger partial charge in [0.2, 0.25) is 11.2 Å². The molecule has 1 aromatic heterocycles. The van der Waals surface area contributed by atoms with E-state index in [0.29, 0.717) is 16.9 Å². The van der Waals surface area contributed by atoms with Crippen molar-refractivity contribution >= 4 is 32.9 Å². The lowest BCUT2D eigenvalue weighted by molar-refractivity contribution is -0.312. The lowest BCUT2D eigenvalue weighted by Crippen LogP contribution is -2.37. The Morgan fingerprint density at radius 1 is 1.15 bits per heavy atom. The average Bonchev–Trinajstić information content (AvgIpc) is 2.60. The van der Waals surface area contributed by atoms with Gasteiger partial charge in [0.1, 0.15) is 28.9 Å². The summed E-state index contributed by atoms with van der Waals surface area (Å²) in [5, 5.41) is 11.1. The molecule has 0 aliphatic heterocycles. The van der Waals surface area contributed by atoms with Gasteiger partial charge in [-0.25, -0.2) is 0 Å². The molecule has 0 spiro atoms. The molecule has 3 rings (SSSR count). The topological polar surface area (TPSA) is 88.8 Å². The van der Waals surface area contributed by atoms with E-state index in [9.17, 15) is 14.7 Å². The highest BCUT2D eigenvalue weighted by atomic mass is 79.9. The van der Waals surface area contributed by atoms with Gasteiger partial charge in [0.05, 0.1) is 11.4 Å². The zero-order valence-electron chi connectivity index (χ0n) is 13.9. The van der Waals surface area contributed by atoms with Gasteiger partial charge in [0.15, 0.2) is 0 Å². The lowest BCUT2D eigenvalue weighted by Gasteiger charge is -2.15. The van der Waals surface area contributed by atoms with Crippen molar-refractivity contribution in [2.45, 2.75) is 20.0 Å². The summed E-state index contributed by atoms with van der Waals surface area (Å²) >= 11 is 3.34. The van der Waals surface area contributed by atoms with Crippen LogP contribution in [0, 0.1) is 6.92 Å². The van der Waals surface area contributed by atoms with Crippen molar-refractivity contribution in [3.8, 4) is 17.2 Å². The number of ether oxygens (including phenoxy) is 2. The first-order valence-corrected chi connectivity index (χ1v) is 8.53. The van der Waals surface area contributed by atoms with Gasteiger partial charge in [-0.15, -0.1) is 0 Å². The third kappa shape index (κ3) is 3.72. The van der Waals surface area contributed by atoms with Crippen molar-refractivity contribution in [2.75, 3.05) is 0 Å². The maximum Gasteiger partial charge on any atom is 0.235 e. The number of carbonyl (C=O) groups is 1. The number of halogens is 1. The minimum atomic E-state index is -1.33. The molecule has 7 heteroatoms. The molecule has 6 nitrogen and oxygen atoms in total. The Labute approximate surface area is 157 Å². The van der Waals surface area contributed by atoms with Crippen LogP contribution in [0.1, 0.15) is 12.7 Å². The van der Waals surface area contributed by atoms with Crippen LogP contribution >= 0.6 is 15.9 Å². The second-order valence-corrected chi connectivity index (χ2v) is 6.53. The summed E-state index contributed by atoms with van der Waals surface area (Å²) in [6, 6.07) is 11.5. The minimum absolute atomic E-state index is 0.0941. The van der Waals surface area contributed by atoms with E-state index in [1.54, 1.807) is 31.2 Å². The van der Waals surface area contributed by atoms with E-state index in [0.717, 1.165) is 4.47 Å². The molecular formula is C19H14BrO6-. The molecule has 0 radical (unpaired) electrons. The molecule has 1 heterocycles. The Morgan fingerprint density at radius 3 is 2.46 bits per heavy atom. The fraction of sp³-hybridized carbons (Fsp3) is 0.158. The van der Waals surface area contributed by atoms with Gasteiger partial charge in [-0.1, -0.05) is 15.9 Å². The number of aryl methyl sites for hydroxylation is 1. The zero-order valence-corrected chi connectivity index (χ0v) is 15.5. The van der Waals surface area contributed by atoms with Crippen LogP contribution in [0.2, 0.25) is 0 Å². The van der Waals surface area contributed by atoms with Crippen molar-refractivity contribution in [1.82, 2.24) is 0 Å². The number of fused-ring (bicyclic) bond motifs is 1. The molecule has 0 N–H and O–H groups in total. The SMILES string of the molecule is Cc1oc2cc(O[C@H](C)C(=O)[O-])ccc2c(=O)c1Oc1ccc(Br)cc1. The number of carboxylic acid groups (broad SMARTS) is 1. The van der Waals surface area contributed by atoms with Gasteiger partial charge >= 0.3 is 0 Å². The molecule has 26 heavy (non-hydrogen) atoms. The smallest absolute Gasteiger partial charge is 0.235 e. The standard InChI is InChI=1S/C19H15BrO6/c1-10-18(26-13-5-3-12(20)4-6-13)17(21)15-8-7-14(9-16(15)25-10)24-11(2)19(22)23/h3-9,11H,1-2H3,(H,22,23)/p-1/t11-/m1/s1. The summed E-state index contributed by atoms with van der Waals surface area (Å²) in [4.78, 5) is 23.5. The van der Waals surface area contributed by atoms with Crippen molar-refractivity contribution in [1.29, 1.82) is 0 Å². The maximum atomic E-state index is 12.7. The monoisotopic (exact) mass is 417 g/mol. The maximum absolute atomic E-state index is 12.7. The van der Waals surface area contributed by atoms with Crippen LogP contribution in [0.4, 0.5) is 0 Å². The number of aliphatic carboxylic acids is 1. The number of hydrogen-bond donors (Lipinski definition) is 0. The molecule has 0 bridgehead atoms. The molecule has 0 aliphatic carbocycles. The van der Waals surface area contributed by atoms with Crippen molar-refractivity contribution in [3.63, 3.8) is 0 Å². The van der Waals surface area contributed by atoms with E-state index < -0.39 is 12.1 Å². The molecule has 2 aromatic carbocycles. The Hall–Kier alpha value is -2.80. The van der Waals surface area contributed by atoms with Crippen LogP contribution in [0.3, 0.4) is 0 Å². The van der Waals surface area contributed by atoms with Crippen molar-refractivity contribution in [3.05, 3.63) is 62.9 Å². The van der Waals surface area contributed by atoms with Gasteiger partial charge in [-0.3, -0.25) is 4.79 Å². The van der Waals surface area contributed by atoms with Crippen LogP contribution in [-0.4, -0.2) is 12.1 Å². The van der Waals surface area contributed by atoms with E-state index in [1.165, 1.54) is 25.1 Å². The third-order valence-electron chi connectivity index (χ3n) is 3.67. The number of carboxylic acids is 1. The van der Waals surface area contributed by atoms with Crippen LogP contribution in [0.5, 0.6) is 17.2 Å². The largest absolute Gasteiger partial charge is 0.546 e. The predicted molar refractivity (Wildman–Crippen MR) is 96.5 cm³/mol. The Morgan fingerprint density at radius 2 is 1.81 bits per heavy atom. The van der Waals surface area contributed by atoms with Crippen molar-refractivity contribution in [2.24, 2.45) is 0 Å². The molecule has 0 unspecified atom stereocenters. The van der Waals surface area contributed by atoms with Crippen LogP contribution in [0.15, 0.2) is 56.1 Å². The number of benzene rings is 2. The molecule has 3 aromatic rings. The Balaban J connectivity index is 1.98. The fourth-order valence-electron chi connectivity index (χ4n) is 2.33. The van der Waals surface area contributed by atoms with E-state index in [-0.39, 0.29) is 22.5 Å². The highest BCUT2D eigenvalue weighted by Crippen LogP contribution is 2.28. The first-order valence-electron chi connectivity index (χ1n) is 7.73. The third-order valence-corrected chi connectivity index (χ3v) is 4.19. The highest BCUT2D eigenvalue weighted by Gasteiger charge is 2.15. The Kier molecular flexibility index (Phi) is 4.99. The Bertz CT molecular complexity index is 1020. The first-order chi connectivity index (χ1) is 12.3. The highest BCUT2D eigenvalue weighted by molar-refractivity contribution is 9.10. The molecule has 134 valence electrons. The fourth-order valence-corrected chi connectivity index (χ4v) is 2.60. The second-order valence-electron chi connectivity index (χ2n) is 5.61. The van der Waals surface area contributed by atoms with Gasteiger partial charge < -0.3 is 23.8 Å². The summed E-state index contributed by atoms with van der Waals surface area (Å²) in [6.07, 6.45) is -1.12. The van der Waals surface area contributed by atoms with Gasteiger partial charge in [-0.2, -0.15) is 0 Å². The molecule has 0 saturated heterocycles. The molecular weight excluding hydrogens is 404 g/mol. The number of carbonyl (C=O) groups excluding carboxylic acids is 1. The summed E-state index contributed by atoms with van der Waals surface area (Å²) in [5.41, 5.74) is -0.0510. The summed E-state index contributed by atoms with van der Waals surface area (Å²) in [5.74, 6) is -0.169.